The molecule has 0 saturated carbocycles. The van der Waals surface area contributed by atoms with Crippen LogP contribution in [0.5, 0.6) is 0 Å². The van der Waals surface area contributed by atoms with Gasteiger partial charge in [-0.25, -0.2) is 0 Å². The Morgan fingerprint density at radius 2 is 1.64 bits per heavy atom. The van der Waals surface area contributed by atoms with Gasteiger partial charge in [-0.15, -0.1) is 0 Å². The molecule has 128 valence electrons. The average Bonchev–Trinajstić information content (AvgIpc) is 2.62. The lowest BCUT2D eigenvalue weighted by atomic mass is 10.1. The van der Waals surface area contributed by atoms with E-state index in [0.29, 0.717) is 12.1 Å². The molecule has 1 N–H and O–H groups in total. The summed E-state index contributed by atoms with van der Waals surface area (Å²) in [7, 11) is 4.11. The molecule has 0 aliphatic heterocycles. The maximum atomic E-state index is 12.3. The van der Waals surface area contributed by atoms with E-state index < -0.39 is 0 Å². The Bertz CT molecular complexity index is 859. The normalized spacial score (nSPS) is 11.0. The maximum absolute atomic E-state index is 12.3. The van der Waals surface area contributed by atoms with E-state index in [0.717, 1.165) is 24.0 Å². The molecule has 25 heavy (non-hydrogen) atoms. The largest absolute Gasteiger partial charge is 0.352 e. The number of carbonyl (C=O) groups is 1. The first-order chi connectivity index (χ1) is 12.1. The summed E-state index contributed by atoms with van der Waals surface area (Å²) in [6.45, 7) is 1.53. The Morgan fingerprint density at radius 1 is 0.960 bits per heavy atom. The lowest BCUT2D eigenvalue weighted by molar-refractivity contribution is 0.0954. The van der Waals surface area contributed by atoms with Gasteiger partial charge in [-0.05, 0) is 49.8 Å². The summed E-state index contributed by atoms with van der Waals surface area (Å²) >= 11 is 0. The molecule has 3 aromatic rings. The zero-order valence-electron chi connectivity index (χ0n) is 14.6. The molecule has 0 fully saturated rings. The van der Waals surface area contributed by atoms with Crippen LogP contribution in [0.2, 0.25) is 0 Å². The molecule has 2 aromatic carbocycles. The Kier molecular flexibility index (Phi) is 5.36. The minimum atomic E-state index is -0.0863. The van der Waals surface area contributed by atoms with Gasteiger partial charge < -0.3 is 10.2 Å². The first-order valence-corrected chi connectivity index (χ1v) is 8.33. The van der Waals surface area contributed by atoms with Crippen molar-refractivity contribution in [1.29, 1.82) is 0 Å². The standard InChI is InChI=1S/C20H22N4O/c1-24(2)14-16-5-3-15(4-6-16)9-10-23-20(25)17-7-8-18-19(13-17)22-12-11-21-18/h3-8,11-13H,9-10,14H2,1-2H3,(H,23,25). The number of hydrogen-bond donors (Lipinski definition) is 1. The quantitative estimate of drug-likeness (QED) is 0.753. The summed E-state index contributed by atoms with van der Waals surface area (Å²) in [6, 6.07) is 13.9. The van der Waals surface area contributed by atoms with Gasteiger partial charge in [-0.1, -0.05) is 24.3 Å². The van der Waals surface area contributed by atoms with Crippen LogP contribution in [-0.2, 0) is 13.0 Å². The van der Waals surface area contributed by atoms with Crippen LogP contribution in [0.15, 0.2) is 54.9 Å². The Morgan fingerprint density at radius 3 is 2.36 bits per heavy atom. The fourth-order valence-corrected chi connectivity index (χ4v) is 2.70. The fourth-order valence-electron chi connectivity index (χ4n) is 2.70. The Hall–Kier alpha value is -2.79. The topological polar surface area (TPSA) is 58.1 Å². The summed E-state index contributed by atoms with van der Waals surface area (Å²) in [6.07, 6.45) is 4.08. The van der Waals surface area contributed by atoms with E-state index in [1.807, 2.05) is 6.07 Å². The number of rotatable bonds is 6. The molecule has 0 spiro atoms. The highest BCUT2D eigenvalue weighted by Gasteiger charge is 2.07. The average molecular weight is 334 g/mol. The number of fused-ring (bicyclic) bond motifs is 1. The number of hydrogen-bond acceptors (Lipinski definition) is 4. The van der Waals surface area contributed by atoms with Crippen LogP contribution in [-0.4, -0.2) is 41.4 Å². The second-order valence-electron chi connectivity index (χ2n) is 6.32. The predicted octanol–water partition coefficient (Wildman–Crippen LogP) is 2.66. The van der Waals surface area contributed by atoms with Crippen LogP contribution in [0, 0.1) is 0 Å². The number of carbonyl (C=O) groups excluding carboxylic acids is 1. The first-order valence-electron chi connectivity index (χ1n) is 8.33. The third-order valence-electron chi connectivity index (χ3n) is 3.95. The molecule has 0 radical (unpaired) electrons. The van der Waals surface area contributed by atoms with Crippen LogP contribution < -0.4 is 5.32 Å². The molecule has 1 heterocycles. The molecule has 1 aromatic heterocycles. The lowest BCUT2D eigenvalue weighted by Crippen LogP contribution is -2.25. The Balaban J connectivity index is 1.54. The summed E-state index contributed by atoms with van der Waals surface area (Å²) in [5, 5.41) is 2.96. The SMILES string of the molecule is CN(C)Cc1ccc(CCNC(=O)c2ccc3nccnc3c2)cc1. The van der Waals surface area contributed by atoms with E-state index in [-0.39, 0.29) is 5.91 Å². The molecule has 0 aliphatic rings. The third-order valence-corrected chi connectivity index (χ3v) is 3.95. The van der Waals surface area contributed by atoms with Gasteiger partial charge in [-0.2, -0.15) is 0 Å². The molecule has 0 atom stereocenters. The van der Waals surface area contributed by atoms with Crippen LogP contribution >= 0.6 is 0 Å². The third kappa shape index (κ3) is 4.61. The number of aromatic nitrogens is 2. The lowest BCUT2D eigenvalue weighted by Gasteiger charge is -2.10. The zero-order valence-corrected chi connectivity index (χ0v) is 14.6. The van der Waals surface area contributed by atoms with Gasteiger partial charge in [0, 0.05) is 31.0 Å². The van der Waals surface area contributed by atoms with Gasteiger partial charge in [0.1, 0.15) is 0 Å². The van der Waals surface area contributed by atoms with Crippen molar-refractivity contribution in [3.8, 4) is 0 Å². The summed E-state index contributed by atoms with van der Waals surface area (Å²) in [5.74, 6) is -0.0863. The van der Waals surface area contributed by atoms with E-state index >= 15 is 0 Å². The van der Waals surface area contributed by atoms with Gasteiger partial charge in [-0.3, -0.25) is 14.8 Å². The minimum absolute atomic E-state index is 0.0863. The highest BCUT2D eigenvalue weighted by molar-refractivity contribution is 5.97. The smallest absolute Gasteiger partial charge is 0.251 e. The number of benzene rings is 2. The molecule has 0 aliphatic carbocycles. The summed E-state index contributed by atoms with van der Waals surface area (Å²) in [5.41, 5.74) is 4.63. The van der Waals surface area contributed by atoms with Crippen molar-refractivity contribution < 1.29 is 4.79 Å². The number of amides is 1. The van der Waals surface area contributed by atoms with Gasteiger partial charge in [0.05, 0.1) is 11.0 Å². The van der Waals surface area contributed by atoms with Crippen LogP contribution in [0.4, 0.5) is 0 Å². The highest BCUT2D eigenvalue weighted by Crippen LogP contribution is 2.11. The molecule has 5 heteroatoms. The highest BCUT2D eigenvalue weighted by atomic mass is 16.1. The van der Waals surface area contributed by atoms with Crippen molar-refractivity contribution in [1.82, 2.24) is 20.2 Å². The van der Waals surface area contributed by atoms with Crippen LogP contribution in [0.25, 0.3) is 11.0 Å². The zero-order chi connectivity index (χ0) is 17.6. The molecule has 5 nitrogen and oxygen atoms in total. The molecule has 0 unspecified atom stereocenters. The van der Waals surface area contributed by atoms with E-state index in [2.05, 4.69) is 58.5 Å². The molecule has 3 rings (SSSR count). The van der Waals surface area contributed by atoms with Crippen molar-refractivity contribution in [3.05, 3.63) is 71.5 Å². The number of nitrogens with one attached hydrogen (secondary N) is 1. The minimum Gasteiger partial charge on any atom is -0.352 e. The maximum Gasteiger partial charge on any atom is 0.251 e. The fraction of sp³-hybridized carbons (Fsp3) is 0.250. The number of nitrogens with zero attached hydrogens (tertiary/aromatic N) is 3. The monoisotopic (exact) mass is 334 g/mol. The van der Waals surface area contributed by atoms with Crippen molar-refractivity contribution >= 4 is 16.9 Å². The van der Waals surface area contributed by atoms with E-state index in [9.17, 15) is 4.79 Å². The van der Waals surface area contributed by atoms with E-state index in [4.69, 9.17) is 0 Å². The molecular formula is C20H22N4O. The van der Waals surface area contributed by atoms with Gasteiger partial charge >= 0.3 is 0 Å². The molecule has 0 saturated heterocycles. The van der Waals surface area contributed by atoms with E-state index in [1.165, 1.54) is 11.1 Å². The van der Waals surface area contributed by atoms with Crippen LogP contribution in [0.3, 0.4) is 0 Å². The van der Waals surface area contributed by atoms with Crippen molar-refractivity contribution in [2.75, 3.05) is 20.6 Å². The van der Waals surface area contributed by atoms with E-state index in [1.54, 1.807) is 24.5 Å². The summed E-state index contributed by atoms with van der Waals surface area (Å²) < 4.78 is 0. The van der Waals surface area contributed by atoms with Gasteiger partial charge in [0.2, 0.25) is 0 Å². The van der Waals surface area contributed by atoms with Crippen molar-refractivity contribution in [2.45, 2.75) is 13.0 Å². The molecule has 0 bridgehead atoms. The van der Waals surface area contributed by atoms with Gasteiger partial charge in [0.25, 0.3) is 5.91 Å². The summed E-state index contributed by atoms with van der Waals surface area (Å²) in [4.78, 5) is 22.9. The van der Waals surface area contributed by atoms with Crippen molar-refractivity contribution in [3.63, 3.8) is 0 Å². The molecule has 1 amide bonds. The first kappa shape index (κ1) is 17.0. The van der Waals surface area contributed by atoms with Gasteiger partial charge in [0.15, 0.2) is 0 Å². The molecular weight excluding hydrogens is 312 g/mol. The second kappa shape index (κ2) is 7.85. The predicted molar refractivity (Wildman–Crippen MR) is 99.4 cm³/mol. The van der Waals surface area contributed by atoms with Crippen LogP contribution in [0.1, 0.15) is 21.5 Å². The second-order valence-corrected chi connectivity index (χ2v) is 6.32. The van der Waals surface area contributed by atoms with Crippen molar-refractivity contribution in [2.24, 2.45) is 0 Å². The Labute approximate surface area is 147 Å².